The summed E-state index contributed by atoms with van der Waals surface area (Å²) in [7, 11) is 0. The van der Waals surface area contributed by atoms with E-state index in [-0.39, 0.29) is 19.1 Å². The molecule has 0 aliphatic carbocycles. The van der Waals surface area contributed by atoms with Crippen LogP contribution in [0.25, 0.3) is 0 Å². The van der Waals surface area contributed by atoms with Gasteiger partial charge in [0.2, 0.25) is 5.91 Å². The van der Waals surface area contributed by atoms with Crippen LogP contribution in [0.2, 0.25) is 0 Å². The lowest BCUT2D eigenvalue weighted by atomic mass is 10.2. The number of aryl methyl sites for hydroxylation is 1. The molecule has 0 saturated heterocycles. The van der Waals surface area contributed by atoms with Gasteiger partial charge >= 0.3 is 0 Å². The molecule has 4 heteroatoms. The molecule has 0 heterocycles. The normalized spacial score (nSPS) is 10.3. The highest BCUT2D eigenvalue weighted by Gasteiger charge is 2.12. The lowest BCUT2D eigenvalue weighted by Crippen LogP contribution is -2.34. The number of carbonyl (C=O) groups excluding carboxylic acids is 1. The van der Waals surface area contributed by atoms with Gasteiger partial charge in [-0.25, -0.2) is 0 Å². The van der Waals surface area contributed by atoms with E-state index in [2.05, 4.69) is 5.32 Å². The van der Waals surface area contributed by atoms with Crippen LogP contribution < -0.4 is 10.2 Å². The molecule has 0 bridgehead atoms. The Kier molecular flexibility index (Phi) is 5.98. The van der Waals surface area contributed by atoms with Gasteiger partial charge in [0.25, 0.3) is 0 Å². The average Bonchev–Trinajstić information content (AvgIpc) is 2.54. The summed E-state index contributed by atoms with van der Waals surface area (Å²) >= 11 is 0. The molecule has 0 aliphatic rings. The standard InChI is InChI=1S/C18H22N2O2/c1-15-8-5-6-11-17(15)19-18(22)14-20(12-7-13-21)16-9-3-2-4-10-16/h2-6,8-11,21H,7,12-14H2,1H3,(H,19,22). The van der Waals surface area contributed by atoms with Crippen molar-refractivity contribution in [1.82, 2.24) is 0 Å². The third-order valence-electron chi connectivity index (χ3n) is 3.46. The van der Waals surface area contributed by atoms with Crippen molar-refractivity contribution < 1.29 is 9.90 Å². The number of carbonyl (C=O) groups is 1. The summed E-state index contributed by atoms with van der Waals surface area (Å²) in [5, 5.41) is 12.0. The maximum absolute atomic E-state index is 12.3. The van der Waals surface area contributed by atoms with Gasteiger partial charge in [-0.2, -0.15) is 0 Å². The van der Waals surface area contributed by atoms with Crippen molar-refractivity contribution in [1.29, 1.82) is 0 Å². The van der Waals surface area contributed by atoms with Gasteiger partial charge in [0.05, 0.1) is 6.54 Å². The van der Waals surface area contributed by atoms with Gasteiger partial charge in [-0.1, -0.05) is 36.4 Å². The second-order valence-electron chi connectivity index (χ2n) is 5.20. The van der Waals surface area contributed by atoms with Crippen molar-refractivity contribution in [2.24, 2.45) is 0 Å². The summed E-state index contributed by atoms with van der Waals surface area (Å²) in [5.41, 5.74) is 2.86. The molecule has 2 rings (SSSR count). The van der Waals surface area contributed by atoms with E-state index in [1.54, 1.807) is 0 Å². The molecule has 2 aromatic rings. The lowest BCUT2D eigenvalue weighted by Gasteiger charge is -2.24. The summed E-state index contributed by atoms with van der Waals surface area (Å²) in [4.78, 5) is 14.3. The smallest absolute Gasteiger partial charge is 0.243 e. The second kappa shape index (κ2) is 8.20. The van der Waals surface area contributed by atoms with E-state index in [1.807, 2.05) is 66.4 Å². The lowest BCUT2D eigenvalue weighted by molar-refractivity contribution is -0.115. The minimum atomic E-state index is -0.0592. The van der Waals surface area contributed by atoms with E-state index in [9.17, 15) is 4.79 Å². The van der Waals surface area contributed by atoms with Crippen LogP contribution >= 0.6 is 0 Å². The minimum Gasteiger partial charge on any atom is -0.396 e. The number of nitrogens with one attached hydrogen (secondary N) is 1. The fourth-order valence-corrected chi connectivity index (χ4v) is 2.28. The van der Waals surface area contributed by atoms with E-state index in [0.717, 1.165) is 16.9 Å². The summed E-state index contributed by atoms with van der Waals surface area (Å²) in [5.74, 6) is -0.0592. The molecule has 0 unspecified atom stereocenters. The Hall–Kier alpha value is -2.33. The maximum Gasteiger partial charge on any atom is 0.243 e. The van der Waals surface area contributed by atoms with Crippen LogP contribution in [-0.4, -0.2) is 30.7 Å². The van der Waals surface area contributed by atoms with Crippen LogP contribution in [0.4, 0.5) is 11.4 Å². The molecule has 0 radical (unpaired) electrons. The van der Waals surface area contributed by atoms with Gasteiger partial charge in [0.1, 0.15) is 0 Å². The van der Waals surface area contributed by atoms with Gasteiger partial charge < -0.3 is 15.3 Å². The summed E-state index contributed by atoms with van der Waals surface area (Å²) in [6.45, 7) is 2.99. The molecule has 4 nitrogen and oxygen atoms in total. The van der Waals surface area contributed by atoms with Crippen molar-refractivity contribution in [2.45, 2.75) is 13.3 Å². The van der Waals surface area contributed by atoms with Crippen molar-refractivity contribution in [2.75, 3.05) is 29.9 Å². The van der Waals surface area contributed by atoms with Crippen LogP contribution in [0.1, 0.15) is 12.0 Å². The summed E-state index contributed by atoms with van der Waals surface area (Å²) in [6.07, 6.45) is 0.631. The molecule has 0 aliphatic heterocycles. The minimum absolute atomic E-state index is 0.0592. The quantitative estimate of drug-likeness (QED) is 0.826. The van der Waals surface area contributed by atoms with E-state index < -0.39 is 0 Å². The summed E-state index contributed by atoms with van der Waals surface area (Å²) < 4.78 is 0. The Labute approximate surface area is 131 Å². The Morgan fingerprint density at radius 3 is 2.45 bits per heavy atom. The maximum atomic E-state index is 12.3. The third kappa shape index (κ3) is 4.60. The molecule has 0 spiro atoms. The zero-order valence-corrected chi connectivity index (χ0v) is 12.8. The third-order valence-corrected chi connectivity index (χ3v) is 3.46. The van der Waals surface area contributed by atoms with Gasteiger partial charge in [0, 0.05) is 24.5 Å². The molecule has 116 valence electrons. The average molecular weight is 298 g/mol. The van der Waals surface area contributed by atoms with E-state index in [4.69, 9.17) is 5.11 Å². The number of nitrogens with zero attached hydrogens (tertiary/aromatic N) is 1. The molecule has 0 fully saturated rings. The van der Waals surface area contributed by atoms with Gasteiger partial charge in [-0.15, -0.1) is 0 Å². The first kappa shape index (κ1) is 16.0. The van der Waals surface area contributed by atoms with Crippen LogP contribution in [0, 0.1) is 6.92 Å². The topological polar surface area (TPSA) is 52.6 Å². The van der Waals surface area contributed by atoms with Crippen molar-refractivity contribution >= 4 is 17.3 Å². The summed E-state index contributed by atoms with van der Waals surface area (Å²) in [6, 6.07) is 17.5. The number of amides is 1. The first-order valence-electron chi connectivity index (χ1n) is 7.47. The Morgan fingerprint density at radius 1 is 1.09 bits per heavy atom. The van der Waals surface area contributed by atoms with Gasteiger partial charge in [-0.05, 0) is 37.1 Å². The number of aliphatic hydroxyl groups excluding tert-OH is 1. The van der Waals surface area contributed by atoms with Crippen LogP contribution in [0.3, 0.4) is 0 Å². The molecule has 0 atom stereocenters. The number of hydrogen-bond acceptors (Lipinski definition) is 3. The largest absolute Gasteiger partial charge is 0.396 e. The van der Waals surface area contributed by atoms with Crippen molar-refractivity contribution in [3.63, 3.8) is 0 Å². The molecule has 22 heavy (non-hydrogen) atoms. The molecular formula is C18H22N2O2. The Bertz CT molecular complexity index is 599. The van der Waals surface area contributed by atoms with Crippen molar-refractivity contribution in [3.8, 4) is 0 Å². The van der Waals surface area contributed by atoms with E-state index >= 15 is 0 Å². The number of rotatable bonds is 7. The first-order valence-corrected chi connectivity index (χ1v) is 7.47. The highest BCUT2D eigenvalue weighted by atomic mass is 16.3. The molecule has 2 aromatic carbocycles. The fraction of sp³-hybridized carbons (Fsp3) is 0.278. The fourth-order valence-electron chi connectivity index (χ4n) is 2.28. The van der Waals surface area contributed by atoms with Gasteiger partial charge in [-0.3, -0.25) is 4.79 Å². The molecule has 1 amide bonds. The predicted octanol–water partition coefficient (Wildman–Crippen LogP) is 2.82. The number of para-hydroxylation sites is 2. The number of hydrogen-bond donors (Lipinski definition) is 2. The molecule has 0 saturated carbocycles. The molecule has 0 aromatic heterocycles. The van der Waals surface area contributed by atoms with E-state index in [1.165, 1.54) is 0 Å². The first-order chi connectivity index (χ1) is 10.7. The number of anilines is 2. The zero-order chi connectivity index (χ0) is 15.8. The number of aliphatic hydroxyl groups is 1. The number of benzene rings is 2. The van der Waals surface area contributed by atoms with Crippen molar-refractivity contribution in [3.05, 3.63) is 60.2 Å². The van der Waals surface area contributed by atoms with Crippen LogP contribution in [0.5, 0.6) is 0 Å². The SMILES string of the molecule is Cc1ccccc1NC(=O)CN(CCCO)c1ccccc1. The Balaban J connectivity index is 2.03. The molecular weight excluding hydrogens is 276 g/mol. The molecule has 2 N–H and O–H groups in total. The van der Waals surface area contributed by atoms with Gasteiger partial charge in [0.15, 0.2) is 0 Å². The predicted molar refractivity (Wildman–Crippen MR) is 90.2 cm³/mol. The van der Waals surface area contributed by atoms with Crippen LogP contribution in [-0.2, 0) is 4.79 Å². The van der Waals surface area contributed by atoms with Crippen LogP contribution in [0.15, 0.2) is 54.6 Å². The zero-order valence-electron chi connectivity index (χ0n) is 12.8. The highest BCUT2D eigenvalue weighted by Crippen LogP contribution is 2.16. The van der Waals surface area contributed by atoms with E-state index in [0.29, 0.717) is 13.0 Å². The second-order valence-corrected chi connectivity index (χ2v) is 5.20. The Morgan fingerprint density at radius 2 is 1.77 bits per heavy atom. The monoisotopic (exact) mass is 298 g/mol. The highest BCUT2D eigenvalue weighted by molar-refractivity contribution is 5.94.